The highest BCUT2D eigenvalue weighted by molar-refractivity contribution is 5.43. The Morgan fingerprint density at radius 1 is 0.750 bits per heavy atom. The van der Waals surface area contributed by atoms with E-state index in [0.29, 0.717) is 0 Å². The summed E-state index contributed by atoms with van der Waals surface area (Å²) < 4.78 is 0. The highest BCUT2D eigenvalue weighted by Gasteiger charge is 1.99. The summed E-state index contributed by atoms with van der Waals surface area (Å²) in [5, 5.41) is 1.87. The van der Waals surface area contributed by atoms with Crippen molar-refractivity contribution >= 4 is 5.69 Å². The van der Waals surface area contributed by atoms with Gasteiger partial charge in [0, 0.05) is 6.54 Å². The maximum atomic E-state index is 6.07. The molecule has 1 aromatic carbocycles. The molecular formula is C22H38N2. The number of hydrazine groups is 1. The number of unbranched alkanes of at least 4 members (excludes halogenated alkanes) is 10. The predicted octanol–water partition coefficient (Wildman–Crippen LogP) is 6.62. The third-order valence-electron chi connectivity index (χ3n) is 4.50. The molecule has 2 nitrogen and oxygen atoms in total. The fourth-order valence-corrected chi connectivity index (χ4v) is 2.91. The first-order valence-corrected chi connectivity index (χ1v) is 10.1. The monoisotopic (exact) mass is 330 g/mol. The molecule has 0 bridgehead atoms. The molecule has 0 unspecified atom stereocenters. The van der Waals surface area contributed by atoms with Crippen LogP contribution in [0.1, 0.15) is 84.0 Å². The minimum Gasteiger partial charge on any atom is -0.311 e. The fraction of sp³-hybridized carbons (Fsp3) is 0.636. The summed E-state index contributed by atoms with van der Waals surface area (Å²) in [6.45, 7) is 3.21. The number of hydrogen-bond acceptors (Lipinski definition) is 2. The van der Waals surface area contributed by atoms with E-state index in [9.17, 15) is 0 Å². The molecule has 0 radical (unpaired) electrons. The normalized spacial score (nSPS) is 11.2. The number of hydrogen-bond donors (Lipinski definition) is 1. The second-order valence-corrected chi connectivity index (χ2v) is 6.76. The van der Waals surface area contributed by atoms with Gasteiger partial charge in [0.25, 0.3) is 0 Å². The van der Waals surface area contributed by atoms with Crippen LogP contribution in [0.2, 0.25) is 0 Å². The zero-order valence-corrected chi connectivity index (χ0v) is 15.8. The summed E-state index contributed by atoms with van der Waals surface area (Å²) in [4.78, 5) is 0. The molecule has 0 saturated heterocycles. The lowest BCUT2D eigenvalue weighted by Gasteiger charge is -2.18. The van der Waals surface area contributed by atoms with Crippen molar-refractivity contribution in [3.05, 3.63) is 42.5 Å². The van der Waals surface area contributed by atoms with Crippen molar-refractivity contribution in [1.29, 1.82) is 0 Å². The van der Waals surface area contributed by atoms with Gasteiger partial charge in [0.15, 0.2) is 0 Å². The molecule has 1 aromatic rings. The average molecular weight is 331 g/mol. The highest BCUT2D eigenvalue weighted by atomic mass is 15.4. The van der Waals surface area contributed by atoms with Gasteiger partial charge in [0.1, 0.15) is 0 Å². The second-order valence-electron chi connectivity index (χ2n) is 6.76. The lowest BCUT2D eigenvalue weighted by atomic mass is 10.1. The summed E-state index contributed by atoms with van der Waals surface area (Å²) in [5.41, 5.74) is 1.11. The minimum atomic E-state index is 0.953. The number of nitrogens with zero attached hydrogens (tertiary/aromatic N) is 1. The highest BCUT2D eigenvalue weighted by Crippen LogP contribution is 2.13. The first-order valence-electron chi connectivity index (χ1n) is 10.1. The van der Waals surface area contributed by atoms with Crippen LogP contribution in [0.25, 0.3) is 0 Å². The maximum absolute atomic E-state index is 6.07. The lowest BCUT2D eigenvalue weighted by Crippen LogP contribution is -2.31. The Morgan fingerprint density at radius 2 is 1.29 bits per heavy atom. The number of nitrogens with two attached hydrogens (primary N) is 1. The number of benzene rings is 1. The Labute approximate surface area is 150 Å². The van der Waals surface area contributed by atoms with E-state index in [1.54, 1.807) is 0 Å². The van der Waals surface area contributed by atoms with E-state index in [4.69, 9.17) is 5.84 Å². The molecule has 0 amide bonds. The Bertz CT molecular complexity index is 400. The van der Waals surface area contributed by atoms with Gasteiger partial charge in [0.05, 0.1) is 5.69 Å². The molecule has 2 heteroatoms. The molecule has 0 heterocycles. The summed E-state index contributed by atoms with van der Waals surface area (Å²) in [6, 6.07) is 10.2. The van der Waals surface area contributed by atoms with Crippen molar-refractivity contribution in [3.63, 3.8) is 0 Å². The quantitative estimate of drug-likeness (QED) is 0.169. The molecule has 136 valence electrons. The lowest BCUT2D eigenvalue weighted by molar-refractivity contribution is 0.567. The molecule has 0 aromatic heterocycles. The Balaban J connectivity index is 1.83. The number of rotatable bonds is 15. The van der Waals surface area contributed by atoms with Crippen LogP contribution in [0.15, 0.2) is 42.5 Å². The molecule has 0 fully saturated rings. The molecule has 0 aliphatic rings. The van der Waals surface area contributed by atoms with Gasteiger partial charge in [-0.25, -0.2) is 5.84 Å². The van der Waals surface area contributed by atoms with Crippen molar-refractivity contribution < 1.29 is 0 Å². The first kappa shape index (κ1) is 20.8. The standard InChI is InChI=1S/C22H38N2/c1-2-3-4-5-6-7-8-9-10-11-12-13-14-18-21-24(23)22-19-16-15-17-20-22/h5-6,15-17,19-20H,2-4,7-14,18,21,23H2,1H3/b6-5-. The Kier molecular flexibility index (Phi) is 13.2. The van der Waals surface area contributed by atoms with Crippen LogP contribution in [0, 0.1) is 0 Å². The van der Waals surface area contributed by atoms with Gasteiger partial charge in [-0.05, 0) is 37.8 Å². The third kappa shape index (κ3) is 11.3. The van der Waals surface area contributed by atoms with Crippen LogP contribution in [0.4, 0.5) is 5.69 Å². The van der Waals surface area contributed by atoms with E-state index in [1.807, 2.05) is 23.2 Å². The van der Waals surface area contributed by atoms with E-state index in [2.05, 4.69) is 31.2 Å². The van der Waals surface area contributed by atoms with E-state index in [0.717, 1.165) is 12.2 Å². The molecule has 0 spiro atoms. The molecule has 1 rings (SSSR count). The van der Waals surface area contributed by atoms with Crippen molar-refractivity contribution in [3.8, 4) is 0 Å². The van der Waals surface area contributed by atoms with Crippen molar-refractivity contribution in [2.75, 3.05) is 11.6 Å². The zero-order valence-electron chi connectivity index (χ0n) is 15.8. The van der Waals surface area contributed by atoms with Crippen LogP contribution in [0.5, 0.6) is 0 Å². The molecule has 2 N–H and O–H groups in total. The first-order chi connectivity index (χ1) is 11.8. The molecule has 0 aliphatic carbocycles. The number of allylic oxidation sites excluding steroid dienone is 2. The zero-order chi connectivity index (χ0) is 17.3. The van der Waals surface area contributed by atoms with Gasteiger partial charge < -0.3 is 5.01 Å². The molecule has 0 aliphatic heterocycles. The van der Waals surface area contributed by atoms with Crippen molar-refractivity contribution in [2.24, 2.45) is 5.84 Å². The van der Waals surface area contributed by atoms with Crippen molar-refractivity contribution in [1.82, 2.24) is 0 Å². The molecular weight excluding hydrogens is 292 g/mol. The van der Waals surface area contributed by atoms with Gasteiger partial charge in [-0.1, -0.05) is 88.6 Å². The maximum Gasteiger partial charge on any atom is 0.0517 e. The van der Waals surface area contributed by atoms with Crippen LogP contribution in [-0.2, 0) is 0 Å². The van der Waals surface area contributed by atoms with Crippen LogP contribution >= 0.6 is 0 Å². The second kappa shape index (κ2) is 15.3. The van der Waals surface area contributed by atoms with Gasteiger partial charge in [-0.2, -0.15) is 0 Å². The van der Waals surface area contributed by atoms with Gasteiger partial charge in [0.2, 0.25) is 0 Å². The summed E-state index contributed by atoms with van der Waals surface area (Å²) in [5.74, 6) is 6.07. The topological polar surface area (TPSA) is 29.3 Å². The van der Waals surface area contributed by atoms with Crippen LogP contribution < -0.4 is 10.9 Å². The Hall–Kier alpha value is -1.28. The van der Waals surface area contributed by atoms with E-state index in [1.165, 1.54) is 77.0 Å². The van der Waals surface area contributed by atoms with Gasteiger partial charge in [-0.3, -0.25) is 0 Å². The van der Waals surface area contributed by atoms with Gasteiger partial charge >= 0.3 is 0 Å². The summed E-state index contributed by atoms with van der Waals surface area (Å²) >= 11 is 0. The van der Waals surface area contributed by atoms with Crippen LogP contribution in [0.3, 0.4) is 0 Å². The SMILES string of the molecule is CCCC/C=C\CCCCCCCCCCN(N)c1ccccc1. The number of para-hydroxylation sites is 1. The minimum absolute atomic E-state index is 0.953. The smallest absolute Gasteiger partial charge is 0.0517 e. The predicted molar refractivity (Wildman–Crippen MR) is 108 cm³/mol. The summed E-state index contributed by atoms with van der Waals surface area (Å²) in [7, 11) is 0. The van der Waals surface area contributed by atoms with Crippen LogP contribution in [-0.4, -0.2) is 6.54 Å². The Morgan fingerprint density at radius 3 is 1.92 bits per heavy atom. The van der Waals surface area contributed by atoms with Crippen molar-refractivity contribution in [2.45, 2.75) is 84.0 Å². The summed E-state index contributed by atoms with van der Waals surface area (Å²) in [6.07, 6.45) is 20.7. The molecule has 0 saturated carbocycles. The largest absolute Gasteiger partial charge is 0.311 e. The third-order valence-corrected chi connectivity index (χ3v) is 4.50. The molecule has 0 atom stereocenters. The fourth-order valence-electron chi connectivity index (χ4n) is 2.91. The average Bonchev–Trinajstić information content (AvgIpc) is 2.62. The van der Waals surface area contributed by atoms with E-state index >= 15 is 0 Å². The van der Waals surface area contributed by atoms with Gasteiger partial charge in [-0.15, -0.1) is 0 Å². The van der Waals surface area contributed by atoms with E-state index < -0.39 is 0 Å². The number of anilines is 1. The van der Waals surface area contributed by atoms with E-state index in [-0.39, 0.29) is 0 Å². The molecule has 24 heavy (non-hydrogen) atoms.